The second kappa shape index (κ2) is 18.2. The number of aliphatic imine (C=N–C) groups is 2. The maximum absolute atomic E-state index is 14.7. The van der Waals surface area contributed by atoms with Crippen LogP contribution >= 0.6 is 34.5 Å². The van der Waals surface area contributed by atoms with Crippen molar-refractivity contribution in [2.24, 2.45) is 9.98 Å². The molecule has 6 aromatic carbocycles. The van der Waals surface area contributed by atoms with Crippen molar-refractivity contribution in [1.82, 2.24) is 4.98 Å². The van der Waals surface area contributed by atoms with E-state index in [2.05, 4.69) is 4.98 Å². The van der Waals surface area contributed by atoms with Crippen molar-refractivity contribution in [1.29, 1.82) is 0 Å². The molecule has 0 radical (unpaired) electrons. The summed E-state index contributed by atoms with van der Waals surface area (Å²) in [5, 5.41) is 4.73. The van der Waals surface area contributed by atoms with E-state index in [1.54, 1.807) is 0 Å². The molecule has 10 heteroatoms. The number of aromatic nitrogens is 1. The van der Waals surface area contributed by atoms with E-state index in [1.807, 2.05) is 196 Å². The summed E-state index contributed by atoms with van der Waals surface area (Å²) in [6.45, 7) is 3.93. The average Bonchev–Trinajstić information content (AvgIpc) is 3.74. The molecule has 1 aromatic heterocycles. The summed E-state index contributed by atoms with van der Waals surface area (Å²) in [4.78, 5) is 13.2. The second-order valence-electron chi connectivity index (χ2n) is 12.3. The third-order valence-corrected chi connectivity index (χ3v) is 15.1. The third kappa shape index (κ3) is 8.72. The first-order valence-electron chi connectivity index (χ1n) is 17.1. The van der Waals surface area contributed by atoms with Gasteiger partial charge in [-0.3, -0.25) is 9.98 Å². The van der Waals surface area contributed by atoms with Crippen LogP contribution in [0.2, 0.25) is 0 Å². The van der Waals surface area contributed by atoms with Gasteiger partial charge in [-0.1, -0.05) is 121 Å². The zero-order valence-corrected chi connectivity index (χ0v) is 33.9. The van der Waals surface area contributed by atoms with Crippen LogP contribution in [-0.4, -0.2) is 16.4 Å². The number of nitrogens with zero attached hydrogens (tertiary/aromatic N) is 2. The number of benzene rings is 6. The number of halogens is 2. The molecule has 0 fully saturated rings. The van der Waals surface area contributed by atoms with Crippen LogP contribution in [0.5, 0.6) is 0 Å². The Morgan fingerprint density at radius 2 is 0.667 bits per heavy atom. The van der Waals surface area contributed by atoms with Crippen molar-refractivity contribution in [3.05, 3.63) is 193 Å². The van der Waals surface area contributed by atoms with E-state index in [9.17, 15) is 9.13 Å². The predicted molar refractivity (Wildman–Crippen MR) is 228 cm³/mol. The molecule has 1 N–H and O–H groups in total. The molecule has 1 heterocycles. The number of nitrogens with one attached hydrogen (secondary N) is 1. The summed E-state index contributed by atoms with van der Waals surface area (Å²) in [5.74, 6) is 0. The Hall–Kier alpha value is -4.50. The van der Waals surface area contributed by atoms with E-state index in [1.165, 1.54) is 0 Å². The summed E-state index contributed by atoms with van der Waals surface area (Å²) in [5.41, 5.74) is 4.94. The molecule has 0 amide bonds. The Bertz CT molecular complexity index is 2180. The van der Waals surface area contributed by atoms with Crippen molar-refractivity contribution in [3.8, 4) is 0 Å². The van der Waals surface area contributed by atoms with Crippen LogP contribution in [0.4, 0.5) is 11.4 Å². The molecule has 5 nitrogen and oxygen atoms in total. The average molecular weight is 828 g/mol. The molecule has 0 aliphatic rings. The molecule has 7 aromatic rings. The van der Waals surface area contributed by atoms with Crippen molar-refractivity contribution in [2.45, 2.75) is 13.8 Å². The first-order valence-corrected chi connectivity index (χ1v) is 23.5. The van der Waals surface area contributed by atoms with Crippen LogP contribution in [-0.2, 0) is 22.3 Å². The van der Waals surface area contributed by atoms with Gasteiger partial charge in [0.2, 0.25) is 0 Å². The molecule has 0 spiro atoms. The van der Waals surface area contributed by atoms with Gasteiger partial charge in [-0.15, -0.1) is 0 Å². The van der Waals surface area contributed by atoms with Crippen LogP contribution in [0.1, 0.15) is 25.2 Å². The van der Waals surface area contributed by atoms with Gasteiger partial charge in [-0.2, -0.15) is 0 Å². The fraction of sp³-hybridized carbons (Fsp3) is 0.0455. The van der Waals surface area contributed by atoms with Crippen LogP contribution in [0.25, 0.3) is 0 Å². The molecule has 0 saturated carbocycles. The predicted octanol–water partition coefficient (Wildman–Crippen LogP) is 9.95. The third-order valence-electron chi connectivity index (χ3n) is 8.97. The number of aromatic amines is 1. The number of hydrogen-bond donors (Lipinski definition) is 1. The molecule has 0 aliphatic heterocycles. The Morgan fingerprint density at radius 1 is 0.426 bits per heavy atom. The van der Waals surface area contributed by atoms with Crippen LogP contribution < -0.4 is 31.8 Å². The Kier molecular flexibility index (Phi) is 13.2. The minimum absolute atomic E-state index is 0.194. The van der Waals surface area contributed by atoms with Crippen LogP contribution in [0.15, 0.2) is 192 Å². The quantitative estimate of drug-likeness (QED) is 0.0848. The van der Waals surface area contributed by atoms with Crippen molar-refractivity contribution >= 4 is 89.1 Å². The standard InChI is InChI=1S/C44H37N3O2P2.2ClH.Fe/c1-33(45-35-23-27-41(28-24-35)50(48,37-15-7-3-8-16-37)38-17-9-4-10-18-38)43-31-32-44(47-43)34(2)46-36-25-29-42(30-26-36)51(49,39-19-11-5-12-20-39)40-21-13-6-14-22-40;;;/h3-32,47H,1-2H3;2*1H;/q;;;+2/p-2. The fourth-order valence-corrected chi connectivity index (χ4v) is 11.5. The first-order chi connectivity index (χ1) is 26.3. The Labute approximate surface area is 331 Å². The zero-order chi connectivity index (χ0) is 38.0. The van der Waals surface area contributed by atoms with E-state index in [0.29, 0.717) is 0 Å². The minimum atomic E-state index is -3.05. The summed E-state index contributed by atoms with van der Waals surface area (Å²) in [6.07, 6.45) is 0. The van der Waals surface area contributed by atoms with Gasteiger partial charge in [0.25, 0.3) is 0 Å². The van der Waals surface area contributed by atoms with Gasteiger partial charge >= 0.3 is 33.3 Å². The monoisotopic (exact) mass is 827 g/mol. The fourth-order valence-electron chi connectivity index (χ4n) is 6.25. The van der Waals surface area contributed by atoms with Crippen LogP contribution in [0, 0.1) is 0 Å². The van der Waals surface area contributed by atoms with Crippen molar-refractivity contribution in [2.75, 3.05) is 0 Å². The van der Waals surface area contributed by atoms with Crippen molar-refractivity contribution in [3.63, 3.8) is 0 Å². The summed E-state index contributed by atoms with van der Waals surface area (Å²) in [6, 6.07) is 58.0. The topological polar surface area (TPSA) is 74.7 Å². The maximum atomic E-state index is 14.7. The van der Waals surface area contributed by atoms with E-state index in [4.69, 9.17) is 30.2 Å². The van der Waals surface area contributed by atoms with E-state index in [-0.39, 0.29) is 13.1 Å². The number of rotatable bonds is 10. The molecule has 0 saturated heterocycles. The SMILES string of the molecule is CC(=Nc1ccc(P(=O)(c2ccccc2)c2ccccc2)cc1)c1ccc(C(C)=Nc2ccc(P(=O)(c3ccccc3)c3ccccc3)cc2)[nH]1.[Cl][Fe][Cl]. The first kappa shape index (κ1) is 39.2. The summed E-state index contributed by atoms with van der Waals surface area (Å²) in [7, 11) is 3.43. The van der Waals surface area contributed by atoms with Crippen LogP contribution in [0.3, 0.4) is 0 Å². The zero-order valence-electron chi connectivity index (χ0n) is 29.5. The number of H-pyrrole nitrogens is 1. The molecule has 272 valence electrons. The Morgan fingerprint density at radius 3 is 0.926 bits per heavy atom. The van der Waals surface area contributed by atoms with Gasteiger partial charge in [0.05, 0.1) is 34.2 Å². The van der Waals surface area contributed by atoms with Gasteiger partial charge < -0.3 is 14.1 Å². The molecule has 0 atom stereocenters. The van der Waals surface area contributed by atoms with Gasteiger partial charge in [-0.25, -0.2) is 0 Å². The molecule has 0 unspecified atom stereocenters. The van der Waals surface area contributed by atoms with E-state index < -0.39 is 14.3 Å². The van der Waals surface area contributed by atoms with Gasteiger partial charge in [0, 0.05) is 31.8 Å². The molecule has 7 rings (SSSR count). The number of hydrogen-bond acceptors (Lipinski definition) is 4. The normalized spacial score (nSPS) is 12.2. The molecule has 54 heavy (non-hydrogen) atoms. The van der Waals surface area contributed by atoms with Gasteiger partial charge in [-0.05, 0) is 74.5 Å². The van der Waals surface area contributed by atoms with Gasteiger partial charge in [0.1, 0.15) is 0 Å². The van der Waals surface area contributed by atoms with Crippen molar-refractivity contribution < 1.29 is 22.3 Å². The molecule has 0 bridgehead atoms. The second-order valence-corrected chi connectivity index (χ2v) is 19.7. The molecular weight excluding hydrogens is 791 g/mol. The summed E-state index contributed by atoms with van der Waals surface area (Å²) >= 11 is 0.194. The van der Waals surface area contributed by atoms with Gasteiger partial charge in [0.15, 0.2) is 14.3 Å². The Balaban J connectivity index is 0.00000160. The molecule has 0 aliphatic carbocycles. The van der Waals surface area contributed by atoms with E-state index in [0.717, 1.165) is 66.0 Å². The summed E-state index contributed by atoms with van der Waals surface area (Å²) < 4.78 is 29.4. The van der Waals surface area contributed by atoms with E-state index >= 15 is 0 Å². The molecular formula is C44H37Cl2FeN3O2P2.